The molecular weight excluding hydrogens is 302 g/mol. The van der Waals surface area contributed by atoms with Crippen LogP contribution in [0, 0.1) is 6.92 Å². The van der Waals surface area contributed by atoms with Gasteiger partial charge in [0, 0.05) is 16.2 Å². The van der Waals surface area contributed by atoms with Gasteiger partial charge in [0.2, 0.25) is 0 Å². The monoisotopic (exact) mass is 319 g/mol. The van der Waals surface area contributed by atoms with Crippen LogP contribution >= 0.6 is 15.9 Å². The minimum absolute atomic E-state index is 0.246. The Bertz CT molecular complexity index is 551. The van der Waals surface area contributed by atoms with Crippen molar-refractivity contribution in [3.63, 3.8) is 0 Å². The van der Waals surface area contributed by atoms with E-state index >= 15 is 0 Å². The van der Waals surface area contributed by atoms with Crippen molar-refractivity contribution in [2.75, 3.05) is 5.32 Å². The smallest absolute Gasteiger partial charge is 0.120 e. The van der Waals surface area contributed by atoms with E-state index in [4.69, 9.17) is 0 Å². The Balaban J connectivity index is 2.18. The highest BCUT2D eigenvalue weighted by atomic mass is 79.9. The second kappa shape index (κ2) is 6.11. The maximum atomic E-state index is 9.75. The minimum Gasteiger partial charge on any atom is -0.508 e. The minimum atomic E-state index is 0.246. The maximum absolute atomic E-state index is 9.75. The number of phenols is 1. The number of nitrogens with one attached hydrogen (secondary N) is 1. The van der Waals surface area contributed by atoms with E-state index in [0.29, 0.717) is 5.75 Å². The standard InChI is InChI=1S/C16H18BrNO/c1-3-15(12-5-7-13(17)8-6-12)18-14-9-4-11(2)16(19)10-14/h4-10,15,18-19H,3H2,1-2H3. The summed E-state index contributed by atoms with van der Waals surface area (Å²) in [5.41, 5.74) is 3.07. The first-order chi connectivity index (χ1) is 9.10. The lowest BCUT2D eigenvalue weighted by Gasteiger charge is -2.19. The highest BCUT2D eigenvalue weighted by Gasteiger charge is 2.09. The summed E-state index contributed by atoms with van der Waals surface area (Å²) >= 11 is 3.45. The Hall–Kier alpha value is -1.48. The zero-order valence-electron chi connectivity index (χ0n) is 11.2. The Morgan fingerprint density at radius 3 is 2.42 bits per heavy atom. The number of halogens is 1. The molecule has 3 heteroatoms. The number of benzene rings is 2. The third kappa shape index (κ3) is 3.51. The van der Waals surface area contributed by atoms with Crippen molar-refractivity contribution in [2.24, 2.45) is 0 Å². The third-order valence-corrected chi connectivity index (χ3v) is 3.76. The number of phenolic OH excluding ortho intramolecular Hbond substituents is 1. The molecule has 2 rings (SSSR count). The average Bonchev–Trinajstić information content (AvgIpc) is 2.41. The van der Waals surface area contributed by atoms with Gasteiger partial charge in [0.15, 0.2) is 0 Å². The van der Waals surface area contributed by atoms with Crippen LogP contribution in [0.15, 0.2) is 46.9 Å². The van der Waals surface area contributed by atoms with Crippen LogP contribution < -0.4 is 5.32 Å². The van der Waals surface area contributed by atoms with Gasteiger partial charge in [0.25, 0.3) is 0 Å². The van der Waals surface area contributed by atoms with Gasteiger partial charge >= 0.3 is 0 Å². The van der Waals surface area contributed by atoms with Crippen molar-refractivity contribution in [3.8, 4) is 5.75 Å². The van der Waals surface area contributed by atoms with E-state index in [1.165, 1.54) is 5.56 Å². The predicted octanol–water partition coefficient (Wildman–Crippen LogP) is 5.03. The molecule has 0 aliphatic rings. The molecule has 0 radical (unpaired) electrons. The summed E-state index contributed by atoms with van der Waals surface area (Å²) in [6, 6.07) is 14.3. The normalized spacial score (nSPS) is 12.2. The number of rotatable bonds is 4. The Kier molecular flexibility index (Phi) is 4.48. The van der Waals surface area contributed by atoms with Crippen molar-refractivity contribution < 1.29 is 5.11 Å². The van der Waals surface area contributed by atoms with Gasteiger partial charge in [0.05, 0.1) is 6.04 Å². The molecule has 0 aliphatic carbocycles. The number of anilines is 1. The van der Waals surface area contributed by atoms with Gasteiger partial charge in [-0.2, -0.15) is 0 Å². The molecule has 2 aromatic rings. The zero-order valence-corrected chi connectivity index (χ0v) is 12.7. The lowest BCUT2D eigenvalue weighted by atomic mass is 10.0. The van der Waals surface area contributed by atoms with E-state index in [0.717, 1.165) is 22.1 Å². The summed E-state index contributed by atoms with van der Waals surface area (Å²) in [4.78, 5) is 0. The molecule has 100 valence electrons. The molecule has 0 heterocycles. The van der Waals surface area contributed by atoms with Crippen LogP contribution in [-0.4, -0.2) is 5.11 Å². The molecule has 2 N–H and O–H groups in total. The van der Waals surface area contributed by atoms with Crippen LogP contribution in [0.3, 0.4) is 0 Å². The molecule has 0 fully saturated rings. The lowest BCUT2D eigenvalue weighted by Crippen LogP contribution is -2.09. The summed E-state index contributed by atoms with van der Waals surface area (Å²) in [5, 5.41) is 13.2. The van der Waals surface area contributed by atoms with E-state index in [2.05, 4.69) is 40.3 Å². The molecule has 0 aliphatic heterocycles. The van der Waals surface area contributed by atoms with Crippen molar-refractivity contribution in [1.29, 1.82) is 0 Å². The molecule has 1 unspecified atom stereocenters. The molecule has 0 saturated carbocycles. The molecule has 0 aromatic heterocycles. The van der Waals surface area contributed by atoms with E-state index in [-0.39, 0.29) is 6.04 Å². The van der Waals surface area contributed by atoms with Gasteiger partial charge < -0.3 is 10.4 Å². The predicted molar refractivity (Wildman–Crippen MR) is 83.6 cm³/mol. The maximum Gasteiger partial charge on any atom is 0.120 e. The fraction of sp³-hybridized carbons (Fsp3) is 0.250. The van der Waals surface area contributed by atoms with Crippen LogP contribution in [0.1, 0.15) is 30.5 Å². The first-order valence-corrected chi connectivity index (χ1v) is 7.21. The summed E-state index contributed by atoms with van der Waals surface area (Å²) in [6.45, 7) is 4.04. The molecule has 0 spiro atoms. The second-order valence-electron chi connectivity index (χ2n) is 4.66. The van der Waals surface area contributed by atoms with Gasteiger partial charge in [-0.3, -0.25) is 0 Å². The quantitative estimate of drug-likeness (QED) is 0.828. The Morgan fingerprint density at radius 2 is 1.84 bits per heavy atom. The molecule has 0 amide bonds. The Morgan fingerprint density at radius 1 is 1.16 bits per heavy atom. The van der Waals surface area contributed by atoms with Crippen LogP contribution in [-0.2, 0) is 0 Å². The SMILES string of the molecule is CCC(Nc1ccc(C)c(O)c1)c1ccc(Br)cc1. The molecule has 0 saturated heterocycles. The summed E-state index contributed by atoms with van der Waals surface area (Å²) in [7, 11) is 0. The molecule has 0 bridgehead atoms. The fourth-order valence-corrected chi connectivity index (χ4v) is 2.28. The first kappa shape index (κ1) is 13.9. The second-order valence-corrected chi connectivity index (χ2v) is 5.57. The third-order valence-electron chi connectivity index (χ3n) is 3.23. The Labute approximate surface area is 122 Å². The molecular formula is C16H18BrNO. The van der Waals surface area contributed by atoms with Crippen LogP contribution in [0.25, 0.3) is 0 Å². The molecule has 1 atom stereocenters. The highest BCUT2D eigenvalue weighted by Crippen LogP contribution is 2.27. The van der Waals surface area contributed by atoms with Crippen LogP contribution in [0.4, 0.5) is 5.69 Å². The molecule has 19 heavy (non-hydrogen) atoms. The number of hydrogen-bond acceptors (Lipinski definition) is 2. The number of aryl methyl sites for hydroxylation is 1. The van der Waals surface area contributed by atoms with Crippen LogP contribution in [0.2, 0.25) is 0 Å². The van der Waals surface area contributed by atoms with Gasteiger partial charge in [-0.15, -0.1) is 0 Å². The number of hydrogen-bond donors (Lipinski definition) is 2. The fourth-order valence-electron chi connectivity index (χ4n) is 2.02. The summed E-state index contributed by atoms with van der Waals surface area (Å²) in [6.07, 6.45) is 0.982. The molecule has 2 nitrogen and oxygen atoms in total. The lowest BCUT2D eigenvalue weighted by molar-refractivity contribution is 0.471. The van der Waals surface area contributed by atoms with Gasteiger partial charge in [0.1, 0.15) is 5.75 Å². The van der Waals surface area contributed by atoms with Crippen molar-refractivity contribution >= 4 is 21.6 Å². The van der Waals surface area contributed by atoms with Crippen LogP contribution in [0.5, 0.6) is 5.75 Å². The van der Waals surface area contributed by atoms with Crippen molar-refractivity contribution in [3.05, 3.63) is 58.1 Å². The zero-order chi connectivity index (χ0) is 13.8. The van der Waals surface area contributed by atoms with Crippen molar-refractivity contribution in [1.82, 2.24) is 0 Å². The van der Waals surface area contributed by atoms with Crippen molar-refractivity contribution in [2.45, 2.75) is 26.3 Å². The van der Waals surface area contributed by atoms with E-state index < -0.39 is 0 Å². The van der Waals surface area contributed by atoms with E-state index in [9.17, 15) is 5.11 Å². The van der Waals surface area contributed by atoms with Gasteiger partial charge in [-0.05, 0) is 42.7 Å². The van der Waals surface area contributed by atoms with E-state index in [1.54, 1.807) is 6.07 Å². The highest BCUT2D eigenvalue weighted by molar-refractivity contribution is 9.10. The van der Waals surface area contributed by atoms with Gasteiger partial charge in [-0.25, -0.2) is 0 Å². The largest absolute Gasteiger partial charge is 0.508 e. The van der Waals surface area contributed by atoms with Gasteiger partial charge in [-0.1, -0.05) is 41.1 Å². The van der Waals surface area contributed by atoms with E-state index in [1.807, 2.05) is 31.2 Å². The average molecular weight is 320 g/mol. The summed E-state index contributed by atoms with van der Waals surface area (Å²) < 4.78 is 1.08. The topological polar surface area (TPSA) is 32.3 Å². The number of aromatic hydroxyl groups is 1. The molecule has 2 aromatic carbocycles. The summed E-state index contributed by atoms with van der Waals surface area (Å²) in [5.74, 6) is 0.329. The first-order valence-electron chi connectivity index (χ1n) is 6.41.